The average Bonchev–Trinajstić information content (AvgIpc) is 2.68. The van der Waals surface area contributed by atoms with Crippen molar-refractivity contribution in [2.45, 2.75) is 25.2 Å². The fraction of sp³-hybridized carbons (Fsp3) is 0.417. The van der Waals surface area contributed by atoms with Gasteiger partial charge in [-0.3, -0.25) is 4.79 Å². The number of ether oxygens (including phenoxy) is 2. The number of carboxylic acid groups (broad SMARTS) is 1. The Morgan fingerprint density at radius 2 is 2.06 bits per heavy atom. The van der Waals surface area contributed by atoms with Gasteiger partial charge in [0.1, 0.15) is 5.75 Å². The van der Waals surface area contributed by atoms with Crippen LogP contribution in [0.25, 0.3) is 0 Å². The second kappa shape index (κ2) is 5.16. The SMILES string of the molecule is O=C(O)CC1COC(Cc2ccc(O)cc2)O1. The maximum atomic E-state index is 10.5. The lowest BCUT2D eigenvalue weighted by Gasteiger charge is -2.10. The van der Waals surface area contributed by atoms with E-state index >= 15 is 0 Å². The fourth-order valence-electron chi connectivity index (χ4n) is 1.74. The van der Waals surface area contributed by atoms with Crippen LogP contribution >= 0.6 is 0 Å². The summed E-state index contributed by atoms with van der Waals surface area (Å²) in [6.07, 6.45) is -0.249. The molecule has 0 bridgehead atoms. The van der Waals surface area contributed by atoms with Gasteiger partial charge in [0.05, 0.1) is 19.1 Å². The largest absolute Gasteiger partial charge is 0.508 e. The summed E-state index contributed by atoms with van der Waals surface area (Å²) in [4.78, 5) is 10.5. The van der Waals surface area contributed by atoms with E-state index in [0.29, 0.717) is 13.0 Å². The molecule has 92 valence electrons. The van der Waals surface area contributed by atoms with Crippen molar-refractivity contribution in [3.63, 3.8) is 0 Å². The van der Waals surface area contributed by atoms with E-state index in [4.69, 9.17) is 19.7 Å². The number of carboxylic acids is 1. The van der Waals surface area contributed by atoms with Crippen LogP contribution in [0.5, 0.6) is 5.75 Å². The molecule has 1 aliphatic rings. The number of hydrogen-bond acceptors (Lipinski definition) is 4. The molecular formula is C12H14O5. The Hall–Kier alpha value is -1.59. The van der Waals surface area contributed by atoms with Crippen LogP contribution in [0.15, 0.2) is 24.3 Å². The van der Waals surface area contributed by atoms with E-state index < -0.39 is 12.3 Å². The van der Waals surface area contributed by atoms with Gasteiger partial charge in [-0.1, -0.05) is 12.1 Å². The minimum atomic E-state index is -0.885. The molecule has 1 saturated heterocycles. The Kier molecular flexibility index (Phi) is 3.61. The molecule has 5 nitrogen and oxygen atoms in total. The highest BCUT2D eigenvalue weighted by Crippen LogP contribution is 2.19. The van der Waals surface area contributed by atoms with E-state index in [2.05, 4.69) is 0 Å². The second-order valence-corrected chi connectivity index (χ2v) is 3.99. The van der Waals surface area contributed by atoms with Crippen LogP contribution in [-0.4, -0.2) is 35.2 Å². The molecular weight excluding hydrogens is 224 g/mol. The van der Waals surface area contributed by atoms with Gasteiger partial charge in [-0.15, -0.1) is 0 Å². The second-order valence-electron chi connectivity index (χ2n) is 3.99. The average molecular weight is 238 g/mol. The van der Waals surface area contributed by atoms with Crippen molar-refractivity contribution in [1.29, 1.82) is 0 Å². The van der Waals surface area contributed by atoms with E-state index in [0.717, 1.165) is 5.56 Å². The van der Waals surface area contributed by atoms with Crippen LogP contribution in [0.2, 0.25) is 0 Å². The summed E-state index contributed by atoms with van der Waals surface area (Å²) in [6.45, 7) is 0.315. The normalized spacial score (nSPS) is 23.8. The predicted molar refractivity (Wildman–Crippen MR) is 58.7 cm³/mol. The number of phenols is 1. The number of benzene rings is 1. The minimum absolute atomic E-state index is 0.0356. The van der Waals surface area contributed by atoms with Crippen molar-refractivity contribution in [2.24, 2.45) is 0 Å². The van der Waals surface area contributed by atoms with E-state index in [1.54, 1.807) is 24.3 Å². The molecule has 2 N–H and O–H groups in total. The number of aliphatic carboxylic acids is 1. The lowest BCUT2D eigenvalue weighted by Crippen LogP contribution is -2.17. The number of rotatable bonds is 4. The first-order valence-corrected chi connectivity index (χ1v) is 5.40. The Labute approximate surface area is 98.6 Å². The third-order valence-corrected chi connectivity index (χ3v) is 2.55. The summed E-state index contributed by atoms with van der Waals surface area (Å²) in [5.74, 6) is -0.672. The third kappa shape index (κ3) is 3.44. The van der Waals surface area contributed by atoms with Gasteiger partial charge < -0.3 is 19.7 Å². The molecule has 0 radical (unpaired) electrons. The summed E-state index contributed by atoms with van der Waals surface area (Å²) in [6, 6.07) is 6.76. The van der Waals surface area contributed by atoms with Gasteiger partial charge in [0, 0.05) is 6.42 Å². The molecule has 1 aliphatic heterocycles. The van der Waals surface area contributed by atoms with Crippen LogP contribution in [0, 0.1) is 0 Å². The summed E-state index contributed by atoms with van der Waals surface area (Å²) < 4.78 is 10.8. The number of phenolic OH excluding ortho intramolecular Hbond substituents is 1. The van der Waals surface area contributed by atoms with Crippen LogP contribution in [0.4, 0.5) is 0 Å². The zero-order valence-electron chi connectivity index (χ0n) is 9.20. The molecule has 2 rings (SSSR count). The Balaban J connectivity index is 1.85. The minimum Gasteiger partial charge on any atom is -0.508 e. The van der Waals surface area contributed by atoms with Crippen molar-refractivity contribution in [2.75, 3.05) is 6.61 Å². The molecule has 1 aromatic carbocycles. The smallest absolute Gasteiger partial charge is 0.306 e. The number of carbonyl (C=O) groups is 1. The highest BCUT2D eigenvalue weighted by molar-refractivity contribution is 5.67. The fourth-order valence-corrected chi connectivity index (χ4v) is 1.74. The van der Waals surface area contributed by atoms with Crippen molar-refractivity contribution >= 4 is 5.97 Å². The van der Waals surface area contributed by atoms with Crippen LogP contribution in [-0.2, 0) is 20.7 Å². The van der Waals surface area contributed by atoms with Crippen LogP contribution in [0.1, 0.15) is 12.0 Å². The van der Waals surface area contributed by atoms with Gasteiger partial charge in [-0.25, -0.2) is 0 Å². The van der Waals surface area contributed by atoms with Crippen molar-refractivity contribution in [3.05, 3.63) is 29.8 Å². The van der Waals surface area contributed by atoms with Gasteiger partial charge in [0.15, 0.2) is 6.29 Å². The van der Waals surface area contributed by atoms with Gasteiger partial charge in [0.25, 0.3) is 0 Å². The summed E-state index contributed by atoms with van der Waals surface area (Å²) in [7, 11) is 0. The molecule has 0 amide bonds. The Bertz CT molecular complexity index is 386. The van der Waals surface area contributed by atoms with Crippen molar-refractivity contribution in [3.8, 4) is 5.75 Å². The van der Waals surface area contributed by atoms with Crippen molar-refractivity contribution in [1.82, 2.24) is 0 Å². The molecule has 1 aromatic rings. The predicted octanol–water partition coefficient (Wildman–Crippen LogP) is 1.15. The first-order chi connectivity index (χ1) is 8.13. The Morgan fingerprint density at radius 3 is 2.71 bits per heavy atom. The van der Waals surface area contributed by atoms with Gasteiger partial charge >= 0.3 is 5.97 Å². The monoisotopic (exact) mass is 238 g/mol. The standard InChI is InChI=1S/C12H14O5/c13-9-3-1-8(2-4-9)5-12-16-7-10(17-12)6-11(14)15/h1-4,10,12-13H,5-7H2,(H,14,15). The number of aromatic hydroxyl groups is 1. The highest BCUT2D eigenvalue weighted by Gasteiger charge is 2.27. The molecule has 0 saturated carbocycles. The first kappa shape index (κ1) is 11.9. The molecule has 0 spiro atoms. The molecule has 0 aliphatic carbocycles. The van der Waals surface area contributed by atoms with Crippen LogP contribution < -0.4 is 0 Å². The Morgan fingerprint density at radius 1 is 1.35 bits per heavy atom. The molecule has 2 atom stereocenters. The highest BCUT2D eigenvalue weighted by atomic mass is 16.7. The zero-order chi connectivity index (χ0) is 12.3. The summed E-state index contributed by atoms with van der Waals surface area (Å²) >= 11 is 0. The molecule has 17 heavy (non-hydrogen) atoms. The van der Waals surface area contributed by atoms with E-state index in [1.165, 1.54) is 0 Å². The lowest BCUT2D eigenvalue weighted by atomic mass is 10.1. The molecule has 2 unspecified atom stereocenters. The maximum Gasteiger partial charge on any atom is 0.306 e. The third-order valence-electron chi connectivity index (χ3n) is 2.55. The van der Waals surface area contributed by atoms with E-state index in [1.807, 2.05) is 0 Å². The molecule has 1 heterocycles. The zero-order valence-corrected chi connectivity index (χ0v) is 9.20. The van der Waals surface area contributed by atoms with Gasteiger partial charge in [-0.2, -0.15) is 0 Å². The quantitative estimate of drug-likeness (QED) is 0.823. The van der Waals surface area contributed by atoms with Gasteiger partial charge in [-0.05, 0) is 17.7 Å². The lowest BCUT2D eigenvalue weighted by molar-refractivity contribution is -0.140. The summed E-state index contributed by atoms with van der Waals surface area (Å²) in [5, 5.41) is 17.7. The van der Waals surface area contributed by atoms with Gasteiger partial charge in [0.2, 0.25) is 0 Å². The van der Waals surface area contributed by atoms with E-state index in [9.17, 15) is 4.79 Å². The topological polar surface area (TPSA) is 76.0 Å². The molecule has 5 heteroatoms. The molecule has 1 fully saturated rings. The maximum absolute atomic E-state index is 10.5. The van der Waals surface area contributed by atoms with Crippen LogP contribution in [0.3, 0.4) is 0 Å². The van der Waals surface area contributed by atoms with Crippen molar-refractivity contribution < 1.29 is 24.5 Å². The first-order valence-electron chi connectivity index (χ1n) is 5.40. The van der Waals surface area contributed by atoms with E-state index in [-0.39, 0.29) is 18.3 Å². The number of hydrogen-bond donors (Lipinski definition) is 2. The summed E-state index contributed by atoms with van der Waals surface area (Å²) in [5.41, 5.74) is 0.976. The molecule has 0 aromatic heterocycles.